The fraction of sp³-hybridized carbons (Fsp3) is 0.867. The molecule has 4 heteroatoms. The molecular weight excluding hydrogens is 240 g/mol. The van der Waals surface area contributed by atoms with E-state index in [1.807, 2.05) is 0 Å². The number of piperidine rings is 1. The lowest BCUT2D eigenvalue weighted by Crippen LogP contribution is -2.41. The van der Waals surface area contributed by atoms with Gasteiger partial charge in [-0.25, -0.2) is 0 Å². The van der Waals surface area contributed by atoms with Crippen LogP contribution in [0.2, 0.25) is 0 Å². The second kappa shape index (κ2) is 5.92. The van der Waals surface area contributed by atoms with Crippen LogP contribution in [0.1, 0.15) is 45.4 Å². The van der Waals surface area contributed by atoms with Gasteiger partial charge >= 0.3 is 5.97 Å². The van der Waals surface area contributed by atoms with Crippen molar-refractivity contribution in [3.8, 4) is 6.07 Å². The molecule has 1 aliphatic carbocycles. The molecule has 2 atom stereocenters. The highest BCUT2D eigenvalue weighted by atomic mass is 16.4. The number of rotatable bonds is 6. The van der Waals surface area contributed by atoms with Gasteiger partial charge in [-0.1, -0.05) is 6.92 Å². The Morgan fingerprint density at radius 1 is 1.58 bits per heavy atom. The standard InChI is InChI=1S/C15H24N2O2/c1-12(9-14(18)19)13-3-2-8-17(10-13)11-15(4-5-15)6-7-16/h12-13H,2-6,8-11H2,1H3,(H,18,19). The Balaban J connectivity index is 1.84. The van der Waals surface area contributed by atoms with Gasteiger partial charge in [0.15, 0.2) is 0 Å². The molecule has 106 valence electrons. The summed E-state index contributed by atoms with van der Waals surface area (Å²) in [5, 5.41) is 17.8. The molecule has 1 N–H and O–H groups in total. The number of carboxylic acids is 1. The van der Waals surface area contributed by atoms with E-state index in [1.54, 1.807) is 0 Å². The van der Waals surface area contributed by atoms with Crippen LogP contribution in [-0.4, -0.2) is 35.6 Å². The molecule has 1 heterocycles. The molecule has 1 saturated carbocycles. The molecule has 0 amide bonds. The zero-order chi connectivity index (χ0) is 13.9. The third-order valence-corrected chi connectivity index (χ3v) is 4.81. The summed E-state index contributed by atoms with van der Waals surface area (Å²) in [5.74, 6) is 0.0712. The summed E-state index contributed by atoms with van der Waals surface area (Å²) in [6.07, 6.45) is 5.65. The molecule has 2 fully saturated rings. The number of aliphatic carboxylic acids is 1. The summed E-state index contributed by atoms with van der Waals surface area (Å²) in [4.78, 5) is 13.3. The van der Waals surface area contributed by atoms with Gasteiger partial charge in [0.05, 0.1) is 6.07 Å². The van der Waals surface area contributed by atoms with Crippen molar-refractivity contribution in [2.24, 2.45) is 17.3 Å². The van der Waals surface area contributed by atoms with Gasteiger partial charge in [-0.05, 0) is 49.5 Å². The number of nitriles is 1. The van der Waals surface area contributed by atoms with Gasteiger partial charge in [0.2, 0.25) is 0 Å². The highest BCUT2D eigenvalue weighted by Gasteiger charge is 2.44. The predicted molar refractivity (Wildman–Crippen MR) is 72.5 cm³/mol. The normalized spacial score (nSPS) is 27.5. The van der Waals surface area contributed by atoms with Gasteiger partial charge in [0.25, 0.3) is 0 Å². The maximum Gasteiger partial charge on any atom is 0.303 e. The molecule has 1 saturated heterocycles. The maximum atomic E-state index is 10.8. The van der Waals surface area contributed by atoms with Crippen LogP contribution in [0.25, 0.3) is 0 Å². The fourth-order valence-electron chi connectivity index (χ4n) is 3.35. The number of hydrogen-bond acceptors (Lipinski definition) is 3. The van der Waals surface area contributed by atoms with Gasteiger partial charge in [0, 0.05) is 25.9 Å². The average Bonchev–Trinajstić information content (AvgIpc) is 3.08. The van der Waals surface area contributed by atoms with Crippen molar-refractivity contribution >= 4 is 5.97 Å². The maximum absolute atomic E-state index is 10.8. The minimum absolute atomic E-state index is 0.256. The molecule has 0 aromatic heterocycles. The molecule has 1 aliphatic heterocycles. The zero-order valence-electron chi connectivity index (χ0n) is 11.8. The number of carboxylic acid groups (broad SMARTS) is 1. The second-order valence-electron chi connectivity index (χ2n) is 6.55. The first-order valence-electron chi connectivity index (χ1n) is 7.36. The SMILES string of the molecule is CC(CC(=O)O)C1CCCN(CC2(CC#N)CC2)C1. The topological polar surface area (TPSA) is 64.3 Å². The summed E-state index contributed by atoms with van der Waals surface area (Å²) in [5.41, 5.74) is 0.271. The van der Waals surface area contributed by atoms with Crippen LogP contribution >= 0.6 is 0 Å². The molecular formula is C15H24N2O2. The Morgan fingerprint density at radius 2 is 2.32 bits per heavy atom. The van der Waals surface area contributed by atoms with Crippen LogP contribution in [0.3, 0.4) is 0 Å². The minimum Gasteiger partial charge on any atom is -0.481 e. The lowest BCUT2D eigenvalue weighted by atomic mass is 9.84. The van der Waals surface area contributed by atoms with Crippen molar-refractivity contribution < 1.29 is 9.90 Å². The number of carbonyl (C=O) groups is 1. The number of likely N-dealkylation sites (tertiary alicyclic amines) is 1. The molecule has 0 radical (unpaired) electrons. The van der Waals surface area contributed by atoms with E-state index in [2.05, 4.69) is 17.9 Å². The van der Waals surface area contributed by atoms with E-state index in [0.29, 0.717) is 12.3 Å². The van der Waals surface area contributed by atoms with E-state index in [4.69, 9.17) is 10.4 Å². The molecule has 4 nitrogen and oxygen atoms in total. The van der Waals surface area contributed by atoms with E-state index in [1.165, 1.54) is 12.8 Å². The average molecular weight is 264 g/mol. The van der Waals surface area contributed by atoms with Crippen molar-refractivity contribution in [2.45, 2.75) is 45.4 Å². The third-order valence-electron chi connectivity index (χ3n) is 4.81. The summed E-state index contributed by atoms with van der Waals surface area (Å²) < 4.78 is 0. The molecule has 0 spiro atoms. The van der Waals surface area contributed by atoms with Crippen molar-refractivity contribution in [3.05, 3.63) is 0 Å². The summed E-state index contributed by atoms with van der Waals surface area (Å²) in [6, 6.07) is 2.32. The van der Waals surface area contributed by atoms with Crippen LogP contribution in [-0.2, 0) is 4.79 Å². The van der Waals surface area contributed by atoms with E-state index < -0.39 is 5.97 Å². The first-order valence-corrected chi connectivity index (χ1v) is 7.36. The number of nitrogens with zero attached hydrogens (tertiary/aromatic N) is 2. The first-order chi connectivity index (χ1) is 9.04. The Kier molecular flexibility index (Phi) is 4.46. The predicted octanol–water partition coefficient (Wildman–Crippen LogP) is 2.50. The summed E-state index contributed by atoms with van der Waals surface area (Å²) in [7, 11) is 0. The largest absolute Gasteiger partial charge is 0.481 e. The lowest BCUT2D eigenvalue weighted by Gasteiger charge is -2.37. The lowest BCUT2D eigenvalue weighted by molar-refractivity contribution is -0.138. The molecule has 0 aromatic carbocycles. The second-order valence-corrected chi connectivity index (χ2v) is 6.55. The van der Waals surface area contributed by atoms with E-state index in [-0.39, 0.29) is 17.8 Å². The molecule has 2 rings (SSSR count). The molecule has 2 unspecified atom stereocenters. The van der Waals surface area contributed by atoms with Crippen LogP contribution in [0.4, 0.5) is 0 Å². The Hall–Kier alpha value is -1.08. The van der Waals surface area contributed by atoms with Crippen molar-refractivity contribution in [1.29, 1.82) is 5.26 Å². The molecule has 0 aromatic rings. The smallest absolute Gasteiger partial charge is 0.303 e. The van der Waals surface area contributed by atoms with E-state index >= 15 is 0 Å². The van der Waals surface area contributed by atoms with Crippen molar-refractivity contribution in [1.82, 2.24) is 4.90 Å². The summed E-state index contributed by atoms with van der Waals surface area (Å²) in [6.45, 7) is 5.23. The van der Waals surface area contributed by atoms with Gasteiger partial charge in [-0.2, -0.15) is 5.26 Å². The van der Waals surface area contributed by atoms with Gasteiger partial charge in [0.1, 0.15) is 0 Å². The third kappa shape index (κ3) is 3.94. The monoisotopic (exact) mass is 264 g/mol. The van der Waals surface area contributed by atoms with Crippen LogP contribution < -0.4 is 0 Å². The quantitative estimate of drug-likeness (QED) is 0.800. The molecule has 19 heavy (non-hydrogen) atoms. The Labute approximate surface area is 115 Å². The Bertz CT molecular complexity index is 371. The Morgan fingerprint density at radius 3 is 2.89 bits per heavy atom. The highest BCUT2D eigenvalue weighted by molar-refractivity contribution is 5.67. The van der Waals surface area contributed by atoms with Gasteiger partial charge in [-0.3, -0.25) is 4.79 Å². The summed E-state index contributed by atoms with van der Waals surface area (Å²) >= 11 is 0. The highest BCUT2D eigenvalue weighted by Crippen LogP contribution is 2.49. The van der Waals surface area contributed by atoms with Crippen LogP contribution in [0.5, 0.6) is 0 Å². The molecule has 2 aliphatic rings. The fourth-order valence-corrected chi connectivity index (χ4v) is 3.35. The van der Waals surface area contributed by atoms with E-state index in [9.17, 15) is 4.79 Å². The van der Waals surface area contributed by atoms with Crippen molar-refractivity contribution in [2.75, 3.05) is 19.6 Å². The van der Waals surface area contributed by atoms with Crippen molar-refractivity contribution in [3.63, 3.8) is 0 Å². The number of hydrogen-bond donors (Lipinski definition) is 1. The van der Waals surface area contributed by atoms with E-state index in [0.717, 1.165) is 32.5 Å². The minimum atomic E-state index is -0.687. The van der Waals surface area contributed by atoms with Gasteiger partial charge < -0.3 is 10.0 Å². The molecule has 0 bridgehead atoms. The zero-order valence-corrected chi connectivity index (χ0v) is 11.8. The first kappa shape index (κ1) is 14.3. The van der Waals surface area contributed by atoms with Crippen LogP contribution in [0, 0.1) is 28.6 Å². The van der Waals surface area contributed by atoms with Gasteiger partial charge in [-0.15, -0.1) is 0 Å². The van der Waals surface area contributed by atoms with Crippen LogP contribution in [0.15, 0.2) is 0 Å².